The van der Waals surface area contributed by atoms with Gasteiger partial charge in [-0.15, -0.1) is 0 Å². The van der Waals surface area contributed by atoms with Gasteiger partial charge in [0.05, 0.1) is 38.1 Å². The molecule has 0 unspecified atom stereocenters. The van der Waals surface area contributed by atoms with E-state index in [-0.39, 0.29) is 12.3 Å². The lowest BCUT2D eigenvalue weighted by Crippen LogP contribution is -2.37. The maximum atomic E-state index is 12.7. The van der Waals surface area contributed by atoms with Gasteiger partial charge < -0.3 is 19.1 Å². The van der Waals surface area contributed by atoms with Crippen molar-refractivity contribution in [2.45, 2.75) is 13.8 Å². The molecule has 0 amide bonds. The Morgan fingerprint density at radius 3 is 2.79 bits per heavy atom. The van der Waals surface area contributed by atoms with Gasteiger partial charge in [0.2, 0.25) is 0 Å². The van der Waals surface area contributed by atoms with Crippen molar-refractivity contribution in [2.75, 3.05) is 44.4 Å². The summed E-state index contributed by atoms with van der Waals surface area (Å²) >= 11 is 0. The lowest BCUT2D eigenvalue weighted by Gasteiger charge is -2.29. The van der Waals surface area contributed by atoms with Crippen LogP contribution in [-0.2, 0) is 9.47 Å². The number of H-pyrrole nitrogens is 1. The molecule has 3 aromatic rings. The summed E-state index contributed by atoms with van der Waals surface area (Å²) in [7, 11) is 0. The maximum Gasteiger partial charge on any atom is 0.361 e. The van der Waals surface area contributed by atoms with Crippen LogP contribution in [0.2, 0.25) is 0 Å². The molecule has 3 heterocycles. The van der Waals surface area contributed by atoms with Crippen molar-refractivity contribution in [1.29, 1.82) is 0 Å². The lowest BCUT2D eigenvalue weighted by molar-refractivity contribution is 0.0514. The van der Waals surface area contributed by atoms with Gasteiger partial charge in [0, 0.05) is 24.0 Å². The maximum absolute atomic E-state index is 12.7. The summed E-state index contributed by atoms with van der Waals surface area (Å²) in [4.78, 5) is 24.1. The largest absolute Gasteiger partial charge is 0.488 e. The Balaban J connectivity index is 1.92. The van der Waals surface area contributed by atoms with E-state index >= 15 is 0 Å². The van der Waals surface area contributed by atoms with E-state index in [2.05, 4.69) is 20.1 Å². The van der Waals surface area contributed by atoms with Crippen molar-refractivity contribution < 1.29 is 19.0 Å². The summed E-state index contributed by atoms with van der Waals surface area (Å²) < 4.78 is 16.5. The molecule has 1 aliphatic rings. The first kappa shape index (κ1) is 19.1. The number of nitrogens with one attached hydrogen (secondary N) is 1. The zero-order valence-corrected chi connectivity index (χ0v) is 16.5. The Morgan fingerprint density at radius 2 is 2.03 bits per heavy atom. The van der Waals surface area contributed by atoms with Crippen LogP contribution >= 0.6 is 0 Å². The smallest absolute Gasteiger partial charge is 0.361 e. The number of aromatic nitrogens is 4. The molecule has 9 heteroatoms. The van der Waals surface area contributed by atoms with Gasteiger partial charge in [0.1, 0.15) is 0 Å². The van der Waals surface area contributed by atoms with E-state index < -0.39 is 5.97 Å². The lowest BCUT2D eigenvalue weighted by atomic mass is 10.1. The highest BCUT2D eigenvalue weighted by Gasteiger charge is 2.27. The quantitative estimate of drug-likeness (QED) is 0.633. The fourth-order valence-electron chi connectivity index (χ4n) is 3.33. The van der Waals surface area contributed by atoms with E-state index in [4.69, 9.17) is 19.2 Å². The molecule has 0 aliphatic carbocycles. The normalized spacial score (nSPS) is 14.2. The van der Waals surface area contributed by atoms with E-state index in [0.717, 1.165) is 16.5 Å². The van der Waals surface area contributed by atoms with E-state index in [0.29, 0.717) is 50.3 Å². The molecule has 1 aromatic carbocycles. The average Bonchev–Trinajstić information content (AvgIpc) is 3.24. The minimum Gasteiger partial charge on any atom is -0.488 e. The number of esters is 1. The van der Waals surface area contributed by atoms with Crippen LogP contribution in [0.25, 0.3) is 22.3 Å². The molecule has 2 aromatic heterocycles. The van der Waals surface area contributed by atoms with Crippen LogP contribution in [0.15, 0.2) is 24.4 Å². The minimum atomic E-state index is -0.534. The van der Waals surface area contributed by atoms with Crippen molar-refractivity contribution in [2.24, 2.45) is 0 Å². The molecule has 1 N–H and O–H groups in total. The second-order valence-corrected chi connectivity index (χ2v) is 6.44. The second-order valence-electron chi connectivity index (χ2n) is 6.44. The molecule has 1 fully saturated rings. The average molecular weight is 397 g/mol. The van der Waals surface area contributed by atoms with Crippen molar-refractivity contribution in [1.82, 2.24) is 20.2 Å². The summed E-state index contributed by atoms with van der Waals surface area (Å²) in [6, 6.07) is 5.73. The molecule has 29 heavy (non-hydrogen) atoms. The summed E-state index contributed by atoms with van der Waals surface area (Å²) in [5.74, 6) is 0.804. The number of ether oxygens (including phenoxy) is 3. The number of fused-ring (bicyclic) bond motifs is 1. The zero-order chi connectivity index (χ0) is 20.2. The number of rotatable bonds is 6. The molecule has 4 rings (SSSR count). The highest BCUT2D eigenvalue weighted by molar-refractivity contribution is 5.96. The minimum absolute atomic E-state index is 0.126. The fraction of sp³-hybridized carbons (Fsp3) is 0.400. The molecule has 0 bridgehead atoms. The van der Waals surface area contributed by atoms with Crippen LogP contribution in [0, 0.1) is 0 Å². The Hall–Kier alpha value is -3.20. The molecular weight excluding hydrogens is 374 g/mol. The van der Waals surface area contributed by atoms with Crippen molar-refractivity contribution >= 4 is 22.7 Å². The topological polar surface area (TPSA) is 102 Å². The number of nitrogens with zero attached hydrogens (tertiary/aromatic N) is 4. The molecular formula is C20H23N5O4. The number of carbonyl (C=O) groups is 1. The first-order valence-electron chi connectivity index (χ1n) is 9.70. The number of aromatic amines is 1. The predicted octanol–water partition coefficient (Wildman–Crippen LogP) is 2.43. The third-order valence-corrected chi connectivity index (χ3v) is 4.64. The van der Waals surface area contributed by atoms with Gasteiger partial charge in [0.15, 0.2) is 23.1 Å². The number of morpholine rings is 1. The van der Waals surface area contributed by atoms with Crippen LogP contribution in [0.1, 0.15) is 24.3 Å². The Kier molecular flexibility index (Phi) is 5.57. The first-order valence-corrected chi connectivity index (χ1v) is 9.70. The molecule has 0 radical (unpaired) electrons. The Morgan fingerprint density at radius 1 is 1.21 bits per heavy atom. The monoisotopic (exact) mass is 397 g/mol. The number of hydrogen-bond donors (Lipinski definition) is 1. The van der Waals surface area contributed by atoms with Gasteiger partial charge in [-0.05, 0) is 19.9 Å². The molecule has 0 saturated carbocycles. The summed E-state index contributed by atoms with van der Waals surface area (Å²) in [5.41, 5.74) is 1.77. The van der Waals surface area contributed by atoms with Gasteiger partial charge in [-0.25, -0.2) is 14.8 Å². The van der Waals surface area contributed by atoms with Gasteiger partial charge in [-0.3, -0.25) is 5.10 Å². The van der Waals surface area contributed by atoms with Crippen LogP contribution in [0.3, 0.4) is 0 Å². The molecule has 152 valence electrons. The standard InChI is InChI=1S/C20H23N5O4/c1-3-28-17-16(20(26)29-4-2)22-18(23-19(17)25-8-10-27-11-9-25)13-6-5-7-15-14(13)12-21-24-15/h5-7,12H,3-4,8-11H2,1-2H3,(H,21,24). The summed E-state index contributed by atoms with van der Waals surface area (Å²) in [6.45, 7) is 6.70. The molecule has 0 spiro atoms. The Bertz CT molecular complexity index is 1010. The highest BCUT2D eigenvalue weighted by Crippen LogP contribution is 2.35. The van der Waals surface area contributed by atoms with Crippen molar-refractivity contribution in [3.8, 4) is 17.1 Å². The van der Waals surface area contributed by atoms with Gasteiger partial charge in [-0.2, -0.15) is 5.10 Å². The van der Waals surface area contributed by atoms with Crippen molar-refractivity contribution in [3.63, 3.8) is 0 Å². The zero-order valence-electron chi connectivity index (χ0n) is 16.5. The van der Waals surface area contributed by atoms with Crippen LogP contribution in [0.4, 0.5) is 5.82 Å². The van der Waals surface area contributed by atoms with Gasteiger partial charge >= 0.3 is 5.97 Å². The SMILES string of the molecule is CCOC(=O)c1nc(-c2cccc3[nH]ncc23)nc(N2CCOCC2)c1OCC. The van der Waals surface area contributed by atoms with E-state index in [9.17, 15) is 4.79 Å². The predicted molar refractivity (Wildman–Crippen MR) is 107 cm³/mol. The molecule has 1 saturated heterocycles. The van der Waals surface area contributed by atoms with Gasteiger partial charge in [-0.1, -0.05) is 12.1 Å². The molecule has 1 aliphatic heterocycles. The molecule has 0 atom stereocenters. The number of benzene rings is 1. The van der Waals surface area contributed by atoms with Crippen LogP contribution in [-0.4, -0.2) is 65.7 Å². The second kappa shape index (κ2) is 8.44. The number of anilines is 1. The van der Waals surface area contributed by atoms with Gasteiger partial charge in [0.25, 0.3) is 0 Å². The summed E-state index contributed by atoms with van der Waals surface area (Å²) in [5, 5.41) is 7.93. The highest BCUT2D eigenvalue weighted by atomic mass is 16.5. The van der Waals surface area contributed by atoms with Crippen LogP contribution in [0.5, 0.6) is 5.75 Å². The third kappa shape index (κ3) is 3.73. The summed E-state index contributed by atoms with van der Waals surface area (Å²) in [6.07, 6.45) is 1.73. The van der Waals surface area contributed by atoms with E-state index in [1.165, 1.54) is 0 Å². The van der Waals surface area contributed by atoms with E-state index in [1.807, 2.05) is 25.1 Å². The molecule has 9 nitrogen and oxygen atoms in total. The van der Waals surface area contributed by atoms with Crippen LogP contribution < -0.4 is 9.64 Å². The number of hydrogen-bond acceptors (Lipinski definition) is 8. The van der Waals surface area contributed by atoms with E-state index in [1.54, 1.807) is 13.1 Å². The van der Waals surface area contributed by atoms with Crippen molar-refractivity contribution in [3.05, 3.63) is 30.1 Å². The first-order chi connectivity index (χ1) is 14.2. The Labute approximate surface area is 168 Å². The fourth-order valence-corrected chi connectivity index (χ4v) is 3.33. The third-order valence-electron chi connectivity index (χ3n) is 4.64. The number of carbonyl (C=O) groups excluding carboxylic acids is 1.